The van der Waals surface area contributed by atoms with Crippen LogP contribution in [0.5, 0.6) is 17.4 Å². The summed E-state index contributed by atoms with van der Waals surface area (Å²) in [6.07, 6.45) is 6.86. The Hall–Kier alpha value is -3.59. The highest BCUT2D eigenvalue weighted by molar-refractivity contribution is 5.89. The Labute approximate surface area is 243 Å². The average molecular weight is 566 g/mol. The van der Waals surface area contributed by atoms with Gasteiger partial charge in [0.15, 0.2) is 0 Å². The lowest BCUT2D eigenvalue weighted by atomic mass is 9.83. The number of ether oxygens (including phenoxy) is 5. The van der Waals surface area contributed by atoms with Gasteiger partial charge in [-0.3, -0.25) is 0 Å². The minimum Gasteiger partial charge on any atom is -0.497 e. The molecule has 2 aromatic carbocycles. The van der Waals surface area contributed by atoms with E-state index >= 15 is 0 Å². The van der Waals surface area contributed by atoms with Crippen molar-refractivity contribution < 1.29 is 28.5 Å². The highest BCUT2D eigenvalue weighted by atomic mass is 16.5. The highest BCUT2D eigenvalue weighted by Crippen LogP contribution is 2.36. The van der Waals surface area contributed by atoms with Crippen molar-refractivity contribution in [1.82, 2.24) is 15.0 Å². The average Bonchev–Trinajstić information content (AvgIpc) is 3.39. The molecule has 0 unspecified atom stereocenters. The van der Waals surface area contributed by atoms with Crippen molar-refractivity contribution in [2.45, 2.75) is 77.4 Å². The van der Waals surface area contributed by atoms with Gasteiger partial charge in [0.25, 0.3) is 0 Å². The summed E-state index contributed by atoms with van der Waals surface area (Å²) in [5, 5.41) is 8.34. The Bertz CT molecular complexity index is 1190. The fraction of sp³-hybridized carbons (Fsp3) is 0.531. The first-order chi connectivity index (χ1) is 20.1. The third-order valence-corrected chi connectivity index (χ3v) is 7.30. The van der Waals surface area contributed by atoms with Crippen LogP contribution < -0.4 is 14.2 Å². The van der Waals surface area contributed by atoms with Crippen molar-refractivity contribution in [3.05, 3.63) is 65.4 Å². The molecular weight excluding hydrogens is 522 g/mol. The largest absolute Gasteiger partial charge is 0.497 e. The summed E-state index contributed by atoms with van der Waals surface area (Å²) in [5.74, 6) is 1.97. The number of unbranched alkanes of at least 4 members (excludes halogenated alkanes) is 1. The summed E-state index contributed by atoms with van der Waals surface area (Å²) in [4.78, 5) is 12.6. The number of aromatic nitrogens is 3. The van der Waals surface area contributed by atoms with Crippen LogP contribution in [0.25, 0.3) is 0 Å². The van der Waals surface area contributed by atoms with Gasteiger partial charge in [0, 0.05) is 19.6 Å². The second-order valence-corrected chi connectivity index (χ2v) is 10.3. The van der Waals surface area contributed by atoms with Crippen molar-refractivity contribution >= 4 is 5.97 Å². The Kier molecular flexibility index (Phi) is 11.9. The van der Waals surface area contributed by atoms with E-state index in [1.807, 2.05) is 24.3 Å². The molecule has 9 heteroatoms. The van der Waals surface area contributed by atoms with Crippen LogP contribution in [0.4, 0.5) is 0 Å². The highest BCUT2D eigenvalue weighted by Gasteiger charge is 2.29. The Balaban J connectivity index is 1.31. The molecule has 1 heterocycles. The standard InChI is InChI=1S/C32H43N3O6/c1-4-6-20-38-21-7-22-40-28-16-10-25(11-17-28)26-12-18-29(19-13-26)41-31-30(32(36)39-5-2)33-34-35(31)23-24-8-14-27(37-3)15-9-24/h8-11,14-17,26,29H,4-7,12-13,18-23H2,1-3H3. The van der Waals surface area contributed by atoms with Crippen LogP contribution in [0.15, 0.2) is 48.5 Å². The van der Waals surface area contributed by atoms with Crippen LogP contribution in [-0.4, -0.2) is 60.6 Å². The molecule has 0 N–H and O–H groups in total. The van der Waals surface area contributed by atoms with E-state index in [1.54, 1.807) is 18.7 Å². The van der Waals surface area contributed by atoms with Gasteiger partial charge in [-0.2, -0.15) is 0 Å². The molecule has 0 saturated heterocycles. The molecule has 0 bridgehead atoms. The zero-order chi connectivity index (χ0) is 28.9. The number of benzene rings is 2. The first-order valence-corrected chi connectivity index (χ1v) is 14.8. The van der Waals surface area contributed by atoms with Crippen molar-refractivity contribution in [3.8, 4) is 17.4 Å². The predicted molar refractivity (Wildman–Crippen MR) is 156 cm³/mol. The Morgan fingerprint density at radius 3 is 2.29 bits per heavy atom. The lowest BCUT2D eigenvalue weighted by Crippen LogP contribution is -2.25. The second-order valence-electron chi connectivity index (χ2n) is 10.3. The normalized spacial score (nSPS) is 16.8. The summed E-state index contributed by atoms with van der Waals surface area (Å²) in [6.45, 7) is 6.83. The molecule has 1 saturated carbocycles. The fourth-order valence-corrected chi connectivity index (χ4v) is 4.96. The number of hydrogen-bond donors (Lipinski definition) is 0. The minimum atomic E-state index is -0.525. The van der Waals surface area contributed by atoms with E-state index in [2.05, 4.69) is 41.5 Å². The van der Waals surface area contributed by atoms with Gasteiger partial charge < -0.3 is 23.7 Å². The molecule has 1 aromatic heterocycles. The molecule has 0 amide bonds. The maximum Gasteiger partial charge on any atom is 0.364 e. The molecule has 1 aliphatic rings. The number of rotatable bonds is 16. The summed E-state index contributed by atoms with van der Waals surface area (Å²) in [6, 6.07) is 16.2. The van der Waals surface area contributed by atoms with Gasteiger partial charge >= 0.3 is 5.97 Å². The molecule has 222 valence electrons. The summed E-state index contributed by atoms with van der Waals surface area (Å²) in [5.41, 5.74) is 2.43. The molecule has 0 spiro atoms. The van der Waals surface area contributed by atoms with Crippen molar-refractivity contribution in [2.24, 2.45) is 0 Å². The number of carbonyl (C=O) groups is 1. The van der Waals surface area contributed by atoms with E-state index in [1.165, 1.54) is 5.56 Å². The smallest absolute Gasteiger partial charge is 0.364 e. The van der Waals surface area contributed by atoms with Gasteiger partial charge in [-0.1, -0.05) is 42.8 Å². The monoisotopic (exact) mass is 565 g/mol. The number of carbonyl (C=O) groups excluding carboxylic acids is 1. The molecule has 1 fully saturated rings. The number of esters is 1. The number of nitrogens with zero attached hydrogens (tertiary/aromatic N) is 3. The molecular formula is C32H43N3O6. The van der Waals surface area contributed by atoms with E-state index in [0.29, 0.717) is 24.9 Å². The molecule has 0 aliphatic heterocycles. The van der Waals surface area contributed by atoms with Crippen LogP contribution in [-0.2, 0) is 16.0 Å². The first kappa shape index (κ1) is 30.4. The van der Waals surface area contributed by atoms with Crippen LogP contribution in [0.2, 0.25) is 0 Å². The number of methoxy groups -OCH3 is 1. The van der Waals surface area contributed by atoms with Gasteiger partial charge in [0.05, 0.1) is 26.9 Å². The molecule has 4 rings (SSSR count). The molecule has 9 nitrogen and oxygen atoms in total. The molecule has 1 aliphatic carbocycles. The molecule has 0 radical (unpaired) electrons. The molecule has 3 aromatic rings. The minimum absolute atomic E-state index is 0.0327. The molecule has 0 atom stereocenters. The maximum absolute atomic E-state index is 12.6. The van der Waals surface area contributed by atoms with Gasteiger partial charge in [-0.25, -0.2) is 9.48 Å². The lowest BCUT2D eigenvalue weighted by molar-refractivity contribution is 0.0507. The van der Waals surface area contributed by atoms with E-state index in [4.69, 9.17) is 23.7 Å². The lowest BCUT2D eigenvalue weighted by Gasteiger charge is -2.29. The Morgan fingerprint density at radius 1 is 0.902 bits per heavy atom. The zero-order valence-electron chi connectivity index (χ0n) is 24.5. The van der Waals surface area contributed by atoms with Crippen molar-refractivity contribution in [3.63, 3.8) is 0 Å². The first-order valence-electron chi connectivity index (χ1n) is 14.8. The van der Waals surface area contributed by atoms with Gasteiger partial charge in [0.1, 0.15) is 17.6 Å². The number of hydrogen-bond acceptors (Lipinski definition) is 8. The van der Waals surface area contributed by atoms with E-state index in [0.717, 1.165) is 75.2 Å². The third-order valence-electron chi connectivity index (χ3n) is 7.30. The van der Waals surface area contributed by atoms with Crippen molar-refractivity contribution in [2.75, 3.05) is 33.5 Å². The SMILES string of the molecule is CCCCOCCCOc1ccc(C2CCC(Oc3c(C(=O)OCC)nnn3Cc3ccc(OC)cc3)CC2)cc1. The fourth-order valence-electron chi connectivity index (χ4n) is 4.96. The topological polar surface area (TPSA) is 93.9 Å². The van der Waals surface area contributed by atoms with Gasteiger partial charge in [-0.15, -0.1) is 5.10 Å². The zero-order valence-corrected chi connectivity index (χ0v) is 24.5. The second kappa shape index (κ2) is 16.0. The van der Waals surface area contributed by atoms with E-state index < -0.39 is 5.97 Å². The molecule has 41 heavy (non-hydrogen) atoms. The van der Waals surface area contributed by atoms with E-state index in [-0.39, 0.29) is 18.4 Å². The quantitative estimate of drug-likeness (QED) is 0.150. The van der Waals surface area contributed by atoms with Crippen LogP contribution in [0, 0.1) is 0 Å². The van der Waals surface area contributed by atoms with Gasteiger partial charge in [0.2, 0.25) is 11.6 Å². The van der Waals surface area contributed by atoms with Crippen LogP contribution >= 0.6 is 0 Å². The Morgan fingerprint density at radius 2 is 1.61 bits per heavy atom. The van der Waals surface area contributed by atoms with Gasteiger partial charge in [-0.05, 0) is 80.3 Å². The summed E-state index contributed by atoms with van der Waals surface area (Å²) in [7, 11) is 1.64. The summed E-state index contributed by atoms with van der Waals surface area (Å²) >= 11 is 0. The van der Waals surface area contributed by atoms with Crippen LogP contribution in [0.3, 0.4) is 0 Å². The van der Waals surface area contributed by atoms with Crippen LogP contribution in [0.1, 0.15) is 86.3 Å². The third kappa shape index (κ3) is 8.95. The maximum atomic E-state index is 12.6. The summed E-state index contributed by atoms with van der Waals surface area (Å²) < 4.78 is 30.0. The van der Waals surface area contributed by atoms with E-state index in [9.17, 15) is 4.79 Å². The predicted octanol–water partition coefficient (Wildman–Crippen LogP) is 6.20. The van der Waals surface area contributed by atoms with Crippen molar-refractivity contribution in [1.29, 1.82) is 0 Å².